The van der Waals surface area contributed by atoms with Gasteiger partial charge in [0.25, 0.3) is 0 Å². The first kappa shape index (κ1) is 20.1. The smallest absolute Gasteiger partial charge is 0.477 e. The van der Waals surface area contributed by atoms with Gasteiger partial charge in [-0.05, 0) is 43.3 Å². The quantitative estimate of drug-likeness (QED) is 0.461. The number of carbonyl (C=O) groups excluding carboxylic acids is 1. The molecular weight excluding hydrogens is 375 g/mol. The number of ether oxygens (including phenoxy) is 2. The minimum Gasteiger partial charge on any atom is -0.477 e. The lowest BCUT2D eigenvalue weighted by Gasteiger charge is -2.10. The van der Waals surface area contributed by atoms with E-state index in [0.29, 0.717) is 0 Å². The molecule has 27 heavy (non-hydrogen) atoms. The number of amides is 2. The Bertz CT molecular complexity index is 815. The Morgan fingerprint density at radius 1 is 1.07 bits per heavy atom. The van der Waals surface area contributed by atoms with Crippen molar-refractivity contribution in [3.8, 4) is 5.75 Å². The third-order valence-corrected chi connectivity index (χ3v) is 3.00. The van der Waals surface area contributed by atoms with Crippen LogP contribution in [0.4, 0.5) is 32.4 Å². The molecule has 0 aromatic heterocycles. The van der Waals surface area contributed by atoms with Crippen molar-refractivity contribution in [3.63, 3.8) is 0 Å². The Morgan fingerprint density at radius 2 is 1.67 bits per heavy atom. The topological polar surface area (TPSA) is 59.9 Å². The number of halogens is 5. The number of rotatable bonds is 4. The minimum absolute atomic E-state index is 0.0105. The van der Waals surface area contributed by atoms with Crippen LogP contribution in [0.3, 0.4) is 0 Å². The first-order chi connectivity index (χ1) is 12.7. The van der Waals surface area contributed by atoms with Crippen LogP contribution in [0.2, 0.25) is 0 Å². The normalized spacial score (nSPS) is 11.9. The van der Waals surface area contributed by atoms with E-state index < -0.39 is 41.2 Å². The highest BCUT2D eigenvalue weighted by atomic mass is 19.4. The molecule has 2 amide bonds. The van der Waals surface area contributed by atoms with E-state index in [2.05, 4.69) is 15.0 Å². The van der Waals surface area contributed by atoms with Gasteiger partial charge < -0.3 is 14.8 Å². The number of hydrogen-bond donors (Lipinski definition) is 1. The number of anilines is 1. The molecule has 0 spiro atoms. The maximum Gasteiger partial charge on any atom is 0.573 e. The largest absolute Gasteiger partial charge is 0.573 e. The summed E-state index contributed by atoms with van der Waals surface area (Å²) in [4.78, 5) is 15.5. The van der Waals surface area contributed by atoms with Crippen LogP contribution in [-0.4, -0.2) is 24.9 Å². The molecule has 144 valence electrons. The molecule has 2 rings (SSSR count). The van der Waals surface area contributed by atoms with Gasteiger partial charge in [0, 0.05) is 5.69 Å². The first-order valence-corrected chi connectivity index (χ1v) is 7.52. The van der Waals surface area contributed by atoms with Crippen molar-refractivity contribution in [3.05, 3.63) is 59.7 Å². The van der Waals surface area contributed by atoms with Crippen LogP contribution in [0.25, 0.3) is 0 Å². The average molecular weight is 388 g/mol. The lowest BCUT2D eigenvalue weighted by atomic mass is 10.2. The summed E-state index contributed by atoms with van der Waals surface area (Å²) in [6, 6.07) is 6.29. The van der Waals surface area contributed by atoms with E-state index in [1.54, 1.807) is 0 Å². The summed E-state index contributed by atoms with van der Waals surface area (Å²) in [6.07, 6.45) is -4.84. The van der Waals surface area contributed by atoms with Gasteiger partial charge >= 0.3 is 12.4 Å². The Balaban J connectivity index is 2.18. The average Bonchev–Trinajstić information content (AvgIpc) is 2.55. The monoisotopic (exact) mass is 388 g/mol. The van der Waals surface area contributed by atoms with Crippen LogP contribution in [0.1, 0.15) is 12.5 Å². The highest BCUT2D eigenvalue weighted by molar-refractivity contribution is 6.04. The van der Waals surface area contributed by atoms with Crippen LogP contribution in [-0.2, 0) is 4.74 Å². The molecule has 0 saturated carbocycles. The van der Waals surface area contributed by atoms with E-state index in [-0.39, 0.29) is 12.3 Å². The van der Waals surface area contributed by atoms with Crippen molar-refractivity contribution in [1.82, 2.24) is 0 Å². The fourth-order valence-electron chi connectivity index (χ4n) is 1.98. The second-order valence-corrected chi connectivity index (χ2v) is 4.95. The summed E-state index contributed by atoms with van der Waals surface area (Å²) in [5.74, 6) is -2.98. The molecule has 10 heteroatoms. The standard InChI is InChI=1S/C17H13F5N2O3/c1-2-26-15(14-12(18)4-3-5-13(14)19)24-16(25)23-10-6-8-11(9-7-10)27-17(20,21)22/h3-9H,2H2,1H3,(H,23,25)/b24-15-. The summed E-state index contributed by atoms with van der Waals surface area (Å²) in [7, 11) is 0. The number of nitrogens with zero attached hydrogens (tertiary/aromatic N) is 1. The van der Waals surface area contributed by atoms with Crippen LogP contribution in [0, 0.1) is 11.6 Å². The predicted octanol–water partition coefficient (Wildman–Crippen LogP) is 4.88. The van der Waals surface area contributed by atoms with E-state index >= 15 is 0 Å². The maximum absolute atomic E-state index is 13.8. The number of benzene rings is 2. The van der Waals surface area contributed by atoms with Gasteiger partial charge in [0.1, 0.15) is 22.9 Å². The van der Waals surface area contributed by atoms with Crippen molar-refractivity contribution in [2.45, 2.75) is 13.3 Å². The fourth-order valence-corrected chi connectivity index (χ4v) is 1.98. The van der Waals surface area contributed by atoms with Gasteiger partial charge in [0.2, 0.25) is 5.90 Å². The molecule has 0 aliphatic carbocycles. The Morgan fingerprint density at radius 3 is 2.19 bits per heavy atom. The molecule has 5 nitrogen and oxygen atoms in total. The van der Waals surface area contributed by atoms with Gasteiger partial charge in [-0.2, -0.15) is 4.99 Å². The second kappa shape index (κ2) is 8.47. The number of aliphatic imine (C=N–C) groups is 1. The lowest BCUT2D eigenvalue weighted by molar-refractivity contribution is -0.274. The van der Waals surface area contributed by atoms with Gasteiger partial charge in [0.15, 0.2) is 0 Å². The molecule has 0 atom stereocenters. The summed E-state index contributed by atoms with van der Waals surface area (Å²) < 4.78 is 72.7. The van der Waals surface area contributed by atoms with Gasteiger partial charge in [-0.15, -0.1) is 13.2 Å². The second-order valence-electron chi connectivity index (χ2n) is 4.95. The van der Waals surface area contributed by atoms with Crippen LogP contribution >= 0.6 is 0 Å². The van der Waals surface area contributed by atoms with Gasteiger partial charge in [-0.1, -0.05) is 6.07 Å². The van der Waals surface area contributed by atoms with E-state index in [4.69, 9.17) is 4.74 Å². The number of hydrogen-bond acceptors (Lipinski definition) is 3. The number of alkyl halides is 3. The highest BCUT2D eigenvalue weighted by Crippen LogP contribution is 2.24. The van der Waals surface area contributed by atoms with Crippen LogP contribution < -0.4 is 10.1 Å². The number of carbonyl (C=O) groups is 1. The summed E-state index contributed by atoms with van der Waals surface area (Å²) >= 11 is 0. The molecule has 0 radical (unpaired) electrons. The Labute approximate surface area is 150 Å². The van der Waals surface area contributed by atoms with E-state index in [0.717, 1.165) is 42.5 Å². The van der Waals surface area contributed by atoms with Crippen molar-refractivity contribution in [1.29, 1.82) is 0 Å². The van der Waals surface area contributed by atoms with E-state index in [9.17, 15) is 26.7 Å². The molecule has 0 aliphatic heterocycles. The third kappa shape index (κ3) is 5.94. The zero-order valence-corrected chi connectivity index (χ0v) is 13.8. The fraction of sp³-hybridized carbons (Fsp3) is 0.176. The lowest BCUT2D eigenvalue weighted by Crippen LogP contribution is -2.17. The molecule has 0 heterocycles. The van der Waals surface area contributed by atoms with Crippen molar-refractivity contribution in [2.75, 3.05) is 11.9 Å². The van der Waals surface area contributed by atoms with Crippen molar-refractivity contribution < 1.29 is 36.2 Å². The van der Waals surface area contributed by atoms with Crippen molar-refractivity contribution >= 4 is 17.6 Å². The van der Waals surface area contributed by atoms with Gasteiger partial charge in [-0.25, -0.2) is 13.6 Å². The zero-order valence-electron chi connectivity index (χ0n) is 13.8. The van der Waals surface area contributed by atoms with Gasteiger partial charge in [0.05, 0.1) is 6.61 Å². The molecule has 2 aromatic rings. The Kier molecular flexibility index (Phi) is 6.32. The molecule has 0 unspecified atom stereocenters. The highest BCUT2D eigenvalue weighted by Gasteiger charge is 2.31. The molecule has 0 bridgehead atoms. The molecule has 1 N–H and O–H groups in total. The third-order valence-electron chi connectivity index (χ3n) is 3.00. The summed E-state index contributed by atoms with van der Waals surface area (Å²) in [5.41, 5.74) is -0.522. The SMILES string of the molecule is CCO/C(=N\C(=O)Nc1ccc(OC(F)(F)F)cc1)c1c(F)cccc1F. The molecule has 0 saturated heterocycles. The first-order valence-electron chi connectivity index (χ1n) is 7.52. The summed E-state index contributed by atoms with van der Waals surface area (Å²) in [5, 5.41) is 2.24. The molecular formula is C17H13F5N2O3. The zero-order chi connectivity index (χ0) is 20.0. The van der Waals surface area contributed by atoms with E-state index in [1.165, 1.54) is 6.92 Å². The molecule has 0 fully saturated rings. The Hall–Kier alpha value is -3.17. The summed E-state index contributed by atoms with van der Waals surface area (Å²) in [6.45, 7) is 1.52. The molecule has 0 aliphatic rings. The minimum atomic E-state index is -4.84. The molecule has 2 aromatic carbocycles. The number of nitrogens with one attached hydrogen (secondary N) is 1. The predicted molar refractivity (Wildman–Crippen MR) is 86.7 cm³/mol. The van der Waals surface area contributed by atoms with Gasteiger partial charge in [-0.3, -0.25) is 0 Å². The van der Waals surface area contributed by atoms with Crippen LogP contribution in [0.5, 0.6) is 5.75 Å². The van der Waals surface area contributed by atoms with E-state index in [1.807, 2.05) is 0 Å². The van der Waals surface area contributed by atoms with Crippen molar-refractivity contribution in [2.24, 2.45) is 4.99 Å². The number of urea groups is 1. The van der Waals surface area contributed by atoms with Crippen LogP contribution in [0.15, 0.2) is 47.5 Å². The maximum atomic E-state index is 13.8.